The minimum Gasteiger partial charge on any atom is -0.455 e. The third kappa shape index (κ3) is 6.06. The van der Waals surface area contributed by atoms with Crippen LogP contribution in [0.3, 0.4) is 0 Å². The highest BCUT2D eigenvalue weighted by molar-refractivity contribution is 7.26. The predicted molar refractivity (Wildman–Crippen MR) is 246 cm³/mol. The first kappa shape index (κ1) is 34.1. The maximum atomic E-state index is 6.74. The van der Waals surface area contributed by atoms with Crippen molar-refractivity contribution in [3.05, 3.63) is 211 Å². The third-order valence-corrected chi connectivity index (χ3v) is 12.4. The van der Waals surface area contributed by atoms with Gasteiger partial charge < -0.3 is 4.42 Å². The second-order valence-electron chi connectivity index (χ2n) is 14.8. The fourth-order valence-corrected chi connectivity index (χ4v) is 9.61. The normalized spacial score (nSPS) is 13.3. The molecule has 3 nitrogen and oxygen atoms in total. The van der Waals surface area contributed by atoms with Gasteiger partial charge in [-0.25, -0.2) is 9.98 Å². The average molecular weight is 761 g/mol. The van der Waals surface area contributed by atoms with Gasteiger partial charge in [0.05, 0.1) is 11.4 Å². The molecule has 0 saturated carbocycles. The molecular weight excluding hydrogens is 725 g/mol. The molecule has 0 unspecified atom stereocenters. The fourth-order valence-electron chi connectivity index (χ4n) is 8.40. The predicted octanol–water partition coefficient (Wildman–Crippen LogP) is 15.0. The number of para-hydroxylation sites is 1. The van der Waals surface area contributed by atoms with Gasteiger partial charge in [-0.1, -0.05) is 164 Å². The lowest BCUT2D eigenvalue weighted by molar-refractivity contribution is 0.670. The van der Waals surface area contributed by atoms with Crippen LogP contribution in [0.1, 0.15) is 29.5 Å². The van der Waals surface area contributed by atoms with Gasteiger partial charge in [-0.3, -0.25) is 0 Å². The molecule has 0 radical (unpaired) electrons. The Kier molecular flexibility index (Phi) is 8.49. The lowest BCUT2D eigenvalue weighted by atomic mass is 9.93. The van der Waals surface area contributed by atoms with E-state index >= 15 is 0 Å². The first-order chi connectivity index (χ1) is 28.7. The maximum Gasteiger partial charge on any atom is 0.160 e. The molecule has 0 saturated heterocycles. The van der Waals surface area contributed by atoms with Gasteiger partial charge in [-0.2, -0.15) is 0 Å². The largest absolute Gasteiger partial charge is 0.455 e. The minimum absolute atomic E-state index is 0.734. The Balaban J connectivity index is 1.04. The highest BCUT2D eigenvalue weighted by atomic mass is 32.1. The Bertz CT molecular complexity index is 3260. The molecule has 0 amide bonds. The number of amidine groups is 1. The number of furan rings is 1. The monoisotopic (exact) mass is 760 g/mol. The van der Waals surface area contributed by atoms with Crippen molar-refractivity contribution in [2.24, 2.45) is 9.98 Å². The van der Waals surface area contributed by atoms with Crippen LogP contribution in [-0.2, 0) is 0 Å². The lowest BCUT2D eigenvalue weighted by Crippen LogP contribution is -2.09. The van der Waals surface area contributed by atoms with Gasteiger partial charge in [-0.15, -0.1) is 11.3 Å². The maximum absolute atomic E-state index is 6.74. The van der Waals surface area contributed by atoms with Crippen molar-refractivity contribution in [1.82, 2.24) is 0 Å². The van der Waals surface area contributed by atoms with Crippen LogP contribution in [0.5, 0.6) is 0 Å². The highest BCUT2D eigenvalue weighted by Gasteiger charge is 2.20. The first-order valence-electron chi connectivity index (χ1n) is 19.8. The summed E-state index contributed by atoms with van der Waals surface area (Å²) in [4.78, 5) is 10.6. The first-order valence-corrected chi connectivity index (χ1v) is 20.6. The third-order valence-electron chi connectivity index (χ3n) is 11.2. The SMILES string of the molecule is C1=C(c2cccc3c2sc2ccc(-c4ccc(-c5cccc(-c6ccccc6)c5)c5oc6ccccc6c45)cc23)N=C(c2ccccc2)N=C(c2ccccc2)CC1. The van der Waals surface area contributed by atoms with E-state index in [1.165, 1.54) is 31.3 Å². The van der Waals surface area contributed by atoms with Gasteiger partial charge in [0, 0.05) is 47.6 Å². The minimum atomic E-state index is 0.734. The highest BCUT2D eigenvalue weighted by Crippen LogP contribution is 2.45. The number of thiophene rings is 1. The van der Waals surface area contributed by atoms with Crippen LogP contribution >= 0.6 is 11.3 Å². The van der Waals surface area contributed by atoms with Gasteiger partial charge in [-0.05, 0) is 76.6 Å². The molecule has 1 aliphatic heterocycles. The van der Waals surface area contributed by atoms with E-state index in [9.17, 15) is 0 Å². The molecule has 11 rings (SSSR count). The van der Waals surface area contributed by atoms with Crippen LogP contribution in [0.4, 0.5) is 0 Å². The quantitative estimate of drug-likeness (QED) is 0.166. The van der Waals surface area contributed by atoms with Gasteiger partial charge in [0.15, 0.2) is 5.84 Å². The Morgan fingerprint density at radius 2 is 1.10 bits per heavy atom. The van der Waals surface area contributed by atoms with E-state index in [0.29, 0.717) is 0 Å². The number of hydrogen-bond acceptors (Lipinski definition) is 4. The second kappa shape index (κ2) is 14.4. The van der Waals surface area contributed by atoms with Crippen molar-refractivity contribution in [1.29, 1.82) is 0 Å². The number of rotatable bonds is 6. The Morgan fingerprint density at radius 1 is 0.448 bits per heavy atom. The number of nitrogens with zero attached hydrogens (tertiary/aromatic N) is 2. The zero-order chi connectivity index (χ0) is 38.4. The molecule has 58 heavy (non-hydrogen) atoms. The van der Waals surface area contributed by atoms with Crippen molar-refractivity contribution >= 4 is 70.7 Å². The summed E-state index contributed by atoms with van der Waals surface area (Å²) in [5, 5.41) is 4.72. The molecule has 3 heterocycles. The molecule has 0 spiro atoms. The van der Waals surface area contributed by atoms with Crippen molar-refractivity contribution in [3.8, 4) is 33.4 Å². The van der Waals surface area contributed by atoms with Crippen molar-refractivity contribution in [2.45, 2.75) is 12.8 Å². The molecule has 0 bridgehead atoms. The Morgan fingerprint density at radius 3 is 1.93 bits per heavy atom. The van der Waals surface area contributed by atoms with Crippen LogP contribution in [0.2, 0.25) is 0 Å². The standard InChI is InChI=1S/C54H36N2OS/c1-4-15-35(16-5-1)38-21-12-22-39(33-38)42-31-30-41(51-45-23-10-11-28-49(45)57-52(42)51)40-29-32-50-46(34-40)43-24-13-25-44(53(43)58-50)48-27-14-26-47(36-17-6-2-7-18-36)55-54(56-48)37-19-8-3-9-20-37/h1-13,15-25,27-34H,14,26H2. The smallest absolute Gasteiger partial charge is 0.160 e. The number of benzene rings is 8. The van der Waals surface area contributed by atoms with E-state index < -0.39 is 0 Å². The van der Waals surface area contributed by atoms with E-state index in [0.717, 1.165) is 91.0 Å². The van der Waals surface area contributed by atoms with Crippen LogP contribution in [0.25, 0.3) is 81.2 Å². The molecule has 4 heteroatoms. The molecule has 0 atom stereocenters. The van der Waals surface area contributed by atoms with E-state index in [1.54, 1.807) is 0 Å². The molecule has 2 aromatic heterocycles. The molecule has 0 N–H and O–H groups in total. The summed E-state index contributed by atoms with van der Waals surface area (Å²) < 4.78 is 9.22. The molecule has 8 aromatic carbocycles. The van der Waals surface area contributed by atoms with E-state index in [2.05, 4.69) is 182 Å². The van der Waals surface area contributed by atoms with Crippen LogP contribution < -0.4 is 0 Å². The summed E-state index contributed by atoms with van der Waals surface area (Å²) >= 11 is 1.83. The molecule has 10 aromatic rings. The van der Waals surface area contributed by atoms with Gasteiger partial charge in [0.1, 0.15) is 11.2 Å². The van der Waals surface area contributed by atoms with Crippen LogP contribution in [0, 0.1) is 0 Å². The van der Waals surface area contributed by atoms with Crippen LogP contribution in [0.15, 0.2) is 209 Å². The van der Waals surface area contributed by atoms with Crippen molar-refractivity contribution in [2.75, 3.05) is 0 Å². The summed E-state index contributed by atoms with van der Waals surface area (Å²) in [5.41, 5.74) is 14.0. The molecular formula is C54H36N2OS. The summed E-state index contributed by atoms with van der Waals surface area (Å²) in [6.45, 7) is 0. The van der Waals surface area contributed by atoms with E-state index in [4.69, 9.17) is 14.4 Å². The van der Waals surface area contributed by atoms with Gasteiger partial charge in [0.2, 0.25) is 0 Å². The summed E-state index contributed by atoms with van der Waals surface area (Å²) in [5.74, 6) is 0.734. The molecule has 0 fully saturated rings. The molecule has 0 aliphatic carbocycles. The van der Waals surface area contributed by atoms with Gasteiger partial charge >= 0.3 is 0 Å². The van der Waals surface area contributed by atoms with Crippen molar-refractivity contribution < 1.29 is 4.42 Å². The zero-order valence-corrected chi connectivity index (χ0v) is 32.4. The summed E-state index contributed by atoms with van der Waals surface area (Å²) in [6.07, 6.45) is 3.98. The zero-order valence-electron chi connectivity index (χ0n) is 31.6. The second-order valence-corrected chi connectivity index (χ2v) is 15.8. The number of allylic oxidation sites excluding steroid dienone is 1. The van der Waals surface area contributed by atoms with E-state index in [1.807, 2.05) is 23.5 Å². The fraction of sp³-hybridized carbons (Fsp3) is 0.0370. The van der Waals surface area contributed by atoms with E-state index in [-0.39, 0.29) is 0 Å². The Hall–Kier alpha value is -7.14. The number of fused-ring (bicyclic) bond motifs is 6. The molecule has 1 aliphatic rings. The summed E-state index contributed by atoms with van der Waals surface area (Å²) in [6, 6.07) is 66.6. The lowest BCUT2D eigenvalue weighted by Gasteiger charge is -2.13. The number of aliphatic imine (C=N–C) groups is 2. The summed E-state index contributed by atoms with van der Waals surface area (Å²) in [7, 11) is 0. The Labute approximate surface area is 340 Å². The van der Waals surface area contributed by atoms with Crippen LogP contribution in [-0.4, -0.2) is 11.5 Å². The molecule has 274 valence electrons. The average Bonchev–Trinajstić information content (AvgIpc) is 3.86. The topological polar surface area (TPSA) is 37.9 Å². The van der Waals surface area contributed by atoms with Gasteiger partial charge in [0.25, 0.3) is 0 Å². The van der Waals surface area contributed by atoms with Crippen molar-refractivity contribution in [3.63, 3.8) is 0 Å². The number of hydrogen-bond donors (Lipinski definition) is 0.